The summed E-state index contributed by atoms with van der Waals surface area (Å²) in [5, 5.41) is 10.4. The molecule has 36 heavy (non-hydrogen) atoms. The second-order valence-electron chi connectivity index (χ2n) is 9.30. The highest BCUT2D eigenvalue weighted by molar-refractivity contribution is 8.05. The zero-order valence-corrected chi connectivity index (χ0v) is 20.5. The Balaban J connectivity index is 1.35. The van der Waals surface area contributed by atoms with E-state index in [0.29, 0.717) is 4.91 Å². The third-order valence-electron chi connectivity index (χ3n) is 6.94. The zero-order chi connectivity index (χ0) is 24.5. The molecule has 3 aromatic carbocycles. The van der Waals surface area contributed by atoms with E-state index < -0.39 is 0 Å². The van der Waals surface area contributed by atoms with E-state index in [9.17, 15) is 9.18 Å². The SMILES string of the molecule is O=C1NC(N2N=C3/C(=C/c4ccccc4)CCCC3C2c2ccccc2)S/C1=C/c1ccc(F)cc1. The number of hydrazone groups is 1. The van der Waals surface area contributed by atoms with Crippen LogP contribution in [0.5, 0.6) is 0 Å². The molecule has 0 radical (unpaired) electrons. The summed E-state index contributed by atoms with van der Waals surface area (Å²) in [6, 6.07) is 27.1. The Labute approximate surface area is 214 Å². The number of thioether (sulfide) groups is 1. The normalized spacial score (nSPS) is 25.7. The maximum atomic E-state index is 13.3. The zero-order valence-electron chi connectivity index (χ0n) is 19.7. The van der Waals surface area contributed by atoms with Crippen molar-refractivity contribution in [2.24, 2.45) is 11.0 Å². The summed E-state index contributed by atoms with van der Waals surface area (Å²) in [5.41, 5.74) is 5.27. The molecule has 3 atom stereocenters. The molecule has 3 aromatic rings. The van der Waals surface area contributed by atoms with Crippen molar-refractivity contribution in [1.29, 1.82) is 0 Å². The van der Waals surface area contributed by atoms with Gasteiger partial charge in [0.05, 0.1) is 16.7 Å². The molecule has 1 saturated carbocycles. The summed E-state index contributed by atoms with van der Waals surface area (Å²) in [4.78, 5) is 13.5. The van der Waals surface area contributed by atoms with Crippen molar-refractivity contribution in [3.05, 3.63) is 118 Å². The predicted octanol–water partition coefficient (Wildman–Crippen LogP) is 6.61. The number of rotatable bonds is 4. The standard InChI is InChI=1S/C30H26FN3OS/c31-24-16-14-21(15-17-24)19-26-29(35)32-30(36-26)34-28(22-10-5-2-6-11-22)25-13-7-12-23(27(25)33-34)18-20-8-3-1-4-9-20/h1-6,8-11,14-19,25,28,30H,7,12-13H2,(H,32,35)/b23-18+,26-19+. The summed E-state index contributed by atoms with van der Waals surface area (Å²) in [7, 11) is 0. The van der Waals surface area contributed by atoms with Crippen molar-refractivity contribution >= 4 is 35.5 Å². The third kappa shape index (κ3) is 4.49. The predicted molar refractivity (Wildman–Crippen MR) is 144 cm³/mol. The number of amides is 1. The number of allylic oxidation sites excluding steroid dienone is 1. The fraction of sp³-hybridized carbons (Fsp3) is 0.200. The number of carbonyl (C=O) groups excluding carboxylic acids is 1. The average Bonchev–Trinajstić information content (AvgIpc) is 3.47. The van der Waals surface area contributed by atoms with E-state index in [1.807, 2.05) is 18.2 Å². The molecule has 2 heterocycles. The van der Waals surface area contributed by atoms with Crippen LogP contribution in [-0.2, 0) is 4.79 Å². The van der Waals surface area contributed by atoms with E-state index in [-0.39, 0.29) is 29.2 Å². The lowest BCUT2D eigenvalue weighted by Crippen LogP contribution is -2.40. The van der Waals surface area contributed by atoms with Crippen molar-refractivity contribution in [1.82, 2.24) is 10.3 Å². The Bertz CT molecular complexity index is 1350. The molecule has 0 spiro atoms. The van der Waals surface area contributed by atoms with Crippen LogP contribution in [0.4, 0.5) is 4.39 Å². The van der Waals surface area contributed by atoms with Gasteiger partial charge in [0.1, 0.15) is 5.82 Å². The molecule has 1 aliphatic carbocycles. The highest BCUT2D eigenvalue weighted by Gasteiger charge is 2.46. The first-order valence-corrected chi connectivity index (χ1v) is 13.2. The molecule has 3 aliphatic rings. The van der Waals surface area contributed by atoms with Gasteiger partial charge in [0.2, 0.25) is 0 Å². The third-order valence-corrected chi connectivity index (χ3v) is 8.05. The molecule has 1 N–H and O–H groups in total. The lowest BCUT2D eigenvalue weighted by atomic mass is 9.77. The molecule has 4 nitrogen and oxygen atoms in total. The molecule has 1 amide bonds. The van der Waals surface area contributed by atoms with Gasteiger partial charge in [-0.05, 0) is 65.8 Å². The van der Waals surface area contributed by atoms with Gasteiger partial charge in [-0.15, -0.1) is 0 Å². The Morgan fingerprint density at radius 2 is 1.61 bits per heavy atom. The van der Waals surface area contributed by atoms with Gasteiger partial charge >= 0.3 is 0 Å². The topological polar surface area (TPSA) is 44.7 Å². The van der Waals surface area contributed by atoms with Crippen LogP contribution in [0, 0.1) is 11.7 Å². The van der Waals surface area contributed by atoms with Gasteiger partial charge in [0.15, 0.2) is 5.50 Å². The monoisotopic (exact) mass is 495 g/mol. The summed E-state index contributed by atoms with van der Waals surface area (Å²) >= 11 is 1.47. The van der Waals surface area contributed by atoms with E-state index in [1.165, 1.54) is 40.6 Å². The van der Waals surface area contributed by atoms with Gasteiger partial charge in [-0.25, -0.2) is 4.39 Å². The number of benzene rings is 3. The summed E-state index contributed by atoms with van der Waals surface area (Å²) < 4.78 is 13.3. The molecular weight excluding hydrogens is 469 g/mol. The molecule has 3 unspecified atom stereocenters. The molecule has 180 valence electrons. The van der Waals surface area contributed by atoms with Crippen LogP contribution >= 0.6 is 11.8 Å². The molecule has 0 aromatic heterocycles. The maximum absolute atomic E-state index is 13.3. The quantitative estimate of drug-likeness (QED) is 0.414. The number of hydrogen-bond acceptors (Lipinski definition) is 4. The van der Waals surface area contributed by atoms with Crippen molar-refractivity contribution < 1.29 is 9.18 Å². The minimum atomic E-state index is -0.314. The Hall–Kier alpha value is -3.64. The van der Waals surface area contributed by atoms with Gasteiger partial charge in [-0.3, -0.25) is 9.80 Å². The number of halogens is 1. The molecule has 2 aliphatic heterocycles. The van der Waals surface area contributed by atoms with Gasteiger partial charge < -0.3 is 5.32 Å². The van der Waals surface area contributed by atoms with Crippen LogP contribution in [0.25, 0.3) is 12.2 Å². The molecule has 6 heteroatoms. The number of nitrogens with one attached hydrogen (secondary N) is 1. The molecule has 6 rings (SSSR count). The van der Waals surface area contributed by atoms with Crippen LogP contribution in [-0.4, -0.2) is 22.1 Å². The number of carbonyl (C=O) groups is 1. The van der Waals surface area contributed by atoms with Crippen molar-refractivity contribution in [3.63, 3.8) is 0 Å². The van der Waals surface area contributed by atoms with Gasteiger partial charge in [0.25, 0.3) is 5.91 Å². The van der Waals surface area contributed by atoms with E-state index in [1.54, 1.807) is 12.1 Å². The molecule has 1 saturated heterocycles. The van der Waals surface area contributed by atoms with Crippen LogP contribution in [0.15, 0.2) is 101 Å². The Kier molecular flexibility index (Phi) is 6.20. The summed E-state index contributed by atoms with van der Waals surface area (Å²) in [5.74, 6) is -0.158. The van der Waals surface area contributed by atoms with Crippen molar-refractivity contribution in [2.75, 3.05) is 0 Å². The molecular formula is C30H26FN3OS. The van der Waals surface area contributed by atoms with Crippen molar-refractivity contribution in [3.8, 4) is 0 Å². The first kappa shape index (κ1) is 22.8. The summed E-state index contributed by atoms with van der Waals surface area (Å²) in [6.07, 6.45) is 7.24. The average molecular weight is 496 g/mol. The first-order valence-electron chi connectivity index (χ1n) is 12.3. The highest BCUT2D eigenvalue weighted by atomic mass is 32.2. The fourth-order valence-corrected chi connectivity index (χ4v) is 6.34. The molecule has 2 fully saturated rings. The van der Waals surface area contributed by atoms with E-state index in [4.69, 9.17) is 5.10 Å². The maximum Gasteiger partial charge on any atom is 0.260 e. The van der Waals surface area contributed by atoms with Crippen LogP contribution < -0.4 is 5.32 Å². The van der Waals surface area contributed by atoms with E-state index >= 15 is 0 Å². The Morgan fingerprint density at radius 1 is 0.917 bits per heavy atom. The minimum absolute atomic E-state index is 0.0450. The number of fused-ring (bicyclic) bond motifs is 1. The lowest BCUT2D eigenvalue weighted by Gasteiger charge is -2.33. The van der Waals surface area contributed by atoms with Gasteiger partial charge in [-0.2, -0.15) is 5.10 Å². The van der Waals surface area contributed by atoms with Gasteiger partial charge in [0, 0.05) is 5.92 Å². The minimum Gasteiger partial charge on any atom is -0.321 e. The molecule has 0 bridgehead atoms. The van der Waals surface area contributed by atoms with E-state index in [0.717, 1.165) is 30.5 Å². The van der Waals surface area contributed by atoms with E-state index in [2.05, 4.69) is 64.9 Å². The largest absolute Gasteiger partial charge is 0.321 e. The summed E-state index contributed by atoms with van der Waals surface area (Å²) in [6.45, 7) is 0. The Morgan fingerprint density at radius 3 is 2.36 bits per heavy atom. The second-order valence-corrected chi connectivity index (χ2v) is 10.4. The van der Waals surface area contributed by atoms with Crippen LogP contribution in [0.3, 0.4) is 0 Å². The number of nitrogens with zero attached hydrogens (tertiary/aromatic N) is 2. The fourth-order valence-electron chi connectivity index (χ4n) is 5.28. The van der Waals surface area contributed by atoms with Gasteiger partial charge in [-0.1, -0.05) is 84.6 Å². The highest BCUT2D eigenvalue weighted by Crippen LogP contribution is 2.47. The lowest BCUT2D eigenvalue weighted by molar-refractivity contribution is -0.117. The van der Waals surface area contributed by atoms with Crippen LogP contribution in [0.1, 0.15) is 42.0 Å². The smallest absolute Gasteiger partial charge is 0.260 e. The second kappa shape index (κ2) is 9.78. The number of hydrogen-bond donors (Lipinski definition) is 1. The van der Waals surface area contributed by atoms with Crippen molar-refractivity contribution in [2.45, 2.75) is 30.8 Å². The first-order chi connectivity index (χ1) is 17.7. The van der Waals surface area contributed by atoms with Crippen LogP contribution in [0.2, 0.25) is 0 Å².